The molecule has 2 fully saturated rings. The first-order valence-corrected chi connectivity index (χ1v) is 10.8. The van der Waals surface area contributed by atoms with Gasteiger partial charge in [-0.3, -0.25) is 0 Å². The van der Waals surface area contributed by atoms with Gasteiger partial charge in [0.25, 0.3) is 0 Å². The van der Waals surface area contributed by atoms with Crippen molar-refractivity contribution in [3.8, 4) is 0 Å². The van der Waals surface area contributed by atoms with Crippen LogP contribution in [-0.2, 0) is 14.4 Å². The predicted molar refractivity (Wildman–Crippen MR) is 107 cm³/mol. The summed E-state index contributed by atoms with van der Waals surface area (Å²) < 4.78 is 0. The molecule has 2 unspecified atom stereocenters. The minimum Gasteiger partial charge on any atom is -0.211 e. The Kier molecular flexibility index (Phi) is 8.99. The Hall–Kier alpha value is -1.86. The Bertz CT molecular complexity index is 637. The first-order valence-electron chi connectivity index (χ1n) is 10.8. The van der Waals surface area contributed by atoms with E-state index in [9.17, 15) is 14.4 Å². The van der Waals surface area contributed by atoms with E-state index >= 15 is 0 Å². The maximum absolute atomic E-state index is 11.3. The summed E-state index contributed by atoms with van der Waals surface area (Å²) in [5.74, 6) is 1.21. The van der Waals surface area contributed by atoms with Gasteiger partial charge in [-0.05, 0) is 81.5 Å². The van der Waals surface area contributed by atoms with Crippen LogP contribution in [0.4, 0.5) is 0 Å². The fraction of sp³-hybridized carbons (Fsp3) is 0.864. The molecular formula is C22H33N3O3. The molecule has 0 aromatic heterocycles. The molecule has 2 aliphatic rings. The van der Waals surface area contributed by atoms with Gasteiger partial charge in [0, 0.05) is 0 Å². The van der Waals surface area contributed by atoms with E-state index in [2.05, 4.69) is 21.9 Å². The maximum Gasteiger partial charge on any atom is 0.235 e. The van der Waals surface area contributed by atoms with Gasteiger partial charge in [0.15, 0.2) is 0 Å². The summed E-state index contributed by atoms with van der Waals surface area (Å²) in [6.45, 7) is 3.06. The summed E-state index contributed by atoms with van der Waals surface area (Å²) in [6.07, 6.45) is 17.6. The number of fused-ring (bicyclic) bond motifs is 2. The molecule has 0 aromatic carbocycles. The first kappa shape index (κ1) is 22.4. The predicted octanol–water partition coefficient (Wildman–Crippen LogP) is 4.68. The van der Waals surface area contributed by atoms with Crippen LogP contribution in [0, 0.1) is 17.3 Å². The SMILES string of the molecule is CCC(CCCC(CCCN=C=O)(CC12CCC(CC1)C2)N=C=O)CN=C=O. The van der Waals surface area contributed by atoms with E-state index in [1.165, 1.54) is 32.1 Å². The van der Waals surface area contributed by atoms with Crippen molar-refractivity contribution in [2.45, 2.75) is 89.5 Å². The van der Waals surface area contributed by atoms with Crippen molar-refractivity contribution in [2.24, 2.45) is 32.2 Å². The van der Waals surface area contributed by atoms with Crippen LogP contribution in [0.5, 0.6) is 0 Å². The molecule has 0 spiro atoms. The van der Waals surface area contributed by atoms with Crippen molar-refractivity contribution >= 4 is 18.2 Å². The average Bonchev–Trinajstić information content (AvgIpc) is 3.28. The number of nitrogens with zero attached hydrogens (tertiary/aromatic N) is 3. The normalized spacial score (nSPS) is 25.8. The Morgan fingerprint density at radius 3 is 2.32 bits per heavy atom. The second kappa shape index (κ2) is 11.2. The molecule has 0 radical (unpaired) electrons. The topological polar surface area (TPSA) is 88.3 Å². The van der Waals surface area contributed by atoms with Crippen LogP contribution >= 0.6 is 0 Å². The van der Waals surface area contributed by atoms with Gasteiger partial charge in [-0.25, -0.2) is 24.4 Å². The van der Waals surface area contributed by atoms with Gasteiger partial charge in [-0.2, -0.15) is 4.99 Å². The van der Waals surface area contributed by atoms with Crippen LogP contribution in [0.2, 0.25) is 0 Å². The Labute approximate surface area is 168 Å². The van der Waals surface area contributed by atoms with Crippen LogP contribution in [0.25, 0.3) is 0 Å². The summed E-state index contributed by atoms with van der Waals surface area (Å²) in [7, 11) is 0. The molecule has 2 atom stereocenters. The molecule has 0 aliphatic heterocycles. The minimum absolute atomic E-state index is 0.324. The van der Waals surface area contributed by atoms with Crippen molar-refractivity contribution in [1.82, 2.24) is 0 Å². The zero-order valence-corrected chi connectivity index (χ0v) is 17.1. The Morgan fingerprint density at radius 2 is 1.75 bits per heavy atom. The highest BCUT2D eigenvalue weighted by atomic mass is 16.1. The van der Waals surface area contributed by atoms with Crippen LogP contribution in [-0.4, -0.2) is 36.9 Å². The Balaban J connectivity index is 2.07. The van der Waals surface area contributed by atoms with Crippen molar-refractivity contribution in [3.63, 3.8) is 0 Å². The van der Waals surface area contributed by atoms with Crippen molar-refractivity contribution in [2.75, 3.05) is 13.1 Å². The number of rotatable bonds is 14. The van der Waals surface area contributed by atoms with Crippen LogP contribution in [0.15, 0.2) is 15.0 Å². The molecule has 0 saturated heterocycles. The van der Waals surface area contributed by atoms with Gasteiger partial charge in [-0.15, -0.1) is 0 Å². The third-order valence-corrected chi connectivity index (χ3v) is 7.10. The van der Waals surface area contributed by atoms with Gasteiger partial charge >= 0.3 is 0 Å². The third-order valence-electron chi connectivity index (χ3n) is 7.10. The summed E-state index contributed by atoms with van der Waals surface area (Å²) in [6, 6.07) is 0. The monoisotopic (exact) mass is 387 g/mol. The maximum atomic E-state index is 11.3. The number of aliphatic imine (C=N–C) groups is 3. The zero-order chi connectivity index (χ0) is 20.3. The molecule has 154 valence electrons. The number of hydrogen-bond acceptors (Lipinski definition) is 6. The lowest BCUT2D eigenvalue weighted by atomic mass is 9.70. The summed E-state index contributed by atoms with van der Waals surface area (Å²) in [5.41, 5.74) is -0.0868. The molecule has 0 aromatic rings. The smallest absolute Gasteiger partial charge is 0.211 e. The molecule has 0 heterocycles. The quantitative estimate of drug-likeness (QED) is 0.246. The number of hydrogen-bond donors (Lipinski definition) is 0. The lowest BCUT2D eigenvalue weighted by Crippen LogP contribution is -2.34. The van der Waals surface area contributed by atoms with E-state index in [0.29, 0.717) is 24.4 Å². The number of isocyanates is 3. The highest BCUT2D eigenvalue weighted by molar-refractivity contribution is 5.35. The van der Waals surface area contributed by atoms with Crippen LogP contribution in [0.1, 0.15) is 84.0 Å². The van der Waals surface area contributed by atoms with E-state index in [1.807, 2.05) is 6.08 Å². The molecule has 2 aliphatic carbocycles. The number of carbonyl (C=O) groups excluding carboxylic acids is 3. The molecule has 0 amide bonds. The van der Waals surface area contributed by atoms with E-state index in [1.54, 1.807) is 12.2 Å². The molecule has 2 bridgehead atoms. The average molecular weight is 388 g/mol. The van der Waals surface area contributed by atoms with Crippen LogP contribution < -0.4 is 0 Å². The fourth-order valence-corrected chi connectivity index (χ4v) is 5.65. The van der Waals surface area contributed by atoms with Gasteiger partial charge in [0.2, 0.25) is 18.2 Å². The van der Waals surface area contributed by atoms with Gasteiger partial charge < -0.3 is 0 Å². The molecule has 6 heteroatoms. The largest absolute Gasteiger partial charge is 0.235 e. The van der Waals surface area contributed by atoms with E-state index in [-0.39, 0.29) is 0 Å². The minimum atomic E-state index is -0.411. The first-order chi connectivity index (χ1) is 13.6. The molecule has 2 saturated carbocycles. The van der Waals surface area contributed by atoms with E-state index in [0.717, 1.165) is 50.9 Å². The molecule has 0 N–H and O–H groups in total. The highest BCUT2D eigenvalue weighted by Crippen LogP contribution is 2.58. The van der Waals surface area contributed by atoms with Gasteiger partial charge in [-0.1, -0.05) is 19.8 Å². The van der Waals surface area contributed by atoms with Crippen molar-refractivity contribution in [1.29, 1.82) is 0 Å². The summed E-state index contributed by atoms with van der Waals surface area (Å²) in [4.78, 5) is 43.9. The highest BCUT2D eigenvalue weighted by Gasteiger charge is 2.49. The zero-order valence-electron chi connectivity index (χ0n) is 17.1. The van der Waals surface area contributed by atoms with Crippen molar-refractivity contribution < 1.29 is 14.4 Å². The second-order valence-corrected chi connectivity index (χ2v) is 8.93. The standard InChI is InChI=1S/C22H33N3O3/c1-2-19(14-24-17-27)5-3-8-22(25-18-28,9-4-12-23-16-26)15-21-10-6-20(13-21)7-11-21/h19-20H,2-15H2,1H3. The lowest BCUT2D eigenvalue weighted by molar-refractivity contribution is 0.174. The fourth-order valence-electron chi connectivity index (χ4n) is 5.65. The third kappa shape index (κ3) is 6.34. The van der Waals surface area contributed by atoms with Gasteiger partial charge in [0.05, 0.1) is 18.6 Å². The summed E-state index contributed by atoms with van der Waals surface area (Å²) >= 11 is 0. The molecule has 6 nitrogen and oxygen atoms in total. The van der Waals surface area contributed by atoms with Crippen LogP contribution in [0.3, 0.4) is 0 Å². The molecule has 28 heavy (non-hydrogen) atoms. The van der Waals surface area contributed by atoms with Crippen molar-refractivity contribution in [3.05, 3.63) is 0 Å². The van der Waals surface area contributed by atoms with E-state index < -0.39 is 5.54 Å². The van der Waals surface area contributed by atoms with E-state index in [4.69, 9.17) is 0 Å². The lowest BCUT2D eigenvalue weighted by Gasteiger charge is -2.38. The second-order valence-electron chi connectivity index (χ2n) is 8.93. The molecular weight excluding hydrogens is 354 g/mol. The molecule has 2 rings (SSSR count). The summed E-state index contributed by atoms with van der Waals surface area (Å²) in [5, 5.41) is 0. The van der Waals surface area contributed by atoms with Gasteiger partial charge in [0.1, 0.15) is 0 Å². The Morgan fingerprint density at radius 1 is 1.04 bits per heavy atom.